The number of quaternary nitrogens is 2. The first-order chi connectivity index (χ1) is 12.8. The van der Waals surface area contributed by atoms with Crippen LogP contribution in [0.2, 0.25) is 0 Å². The van der Waals surface area contributed by atoms with Gasteiger partial charge in [0.1, 0.15) is 0 Å². The van der Waals surface area contributed by atoms with Crippen molar-refractivity contribution in [2.24, 2.45) is 0 Å². The second-order valence-electron chi connectivity index (χ2n) is 8.29. The fraction of sp³-hybridized carbons (Fsp3) is 1.00. The van der Waals surface area contributed by atoms with Gasteiger partial charge < -0.3 is 43.5 Å². The Morgan fingerprint density at radius 2 is 0.429 bits per heavy atom. The van der Waals surface area contributed by atoms with E-state index >= 15 is 0 Å². The molecule has 0 N–H and O–H groups in total. The van der Waals surface area contributed by atoms with Crippen LogP contribution in [0.5, 0.6) is 0 Å². The molecule has 4 rings (SSSR count). The molecule has 0 bridgehead atoms. The highest BCUT2D eigenvalue weighted by atomic mass is 19.5. The topological polar surface area (TPSA) is 0 Å². The summed E-state index contributed by atoms with van der Waals surface area (Å²) in [5, 5.41) is 0. The van der Waals surface area contributed by atoms with Crippen LogP contribution in [0.4, 0.5) is 34.5 Å². The minimum Gasteiger partial charge on any atom is -0.418 e. The summed E-state index contributed by atoms with van der Waals surface area (Å²) >= 11 is 0. The van der Waals surface area contributed by atoms with E-state index < -0.39 is 14.5 Å². The molecule has 2 nitrogen and oxygen atoms in total. The highest BCUT2D eigenvalue weighted by Gasteiger charge is 2.35. The molecule has 0 amide bonds. The Morgan fingerprint density at radius 1 is 0.321 bits per heavy atom. The van der Waals surface area contributed by atoms with Crippen LogP contribution in [0.15, 0.2) is 0 Å². The second-order valence-corrected chi connectivity index (χ2v) is 8.29. The summed E-state index contributed by atoms with van der Waals surface area (Å²) in [5.41, 5.74) is 0. The predicted octanol–water partition coefficient (Wildman–Crippen LogP) is 5.38. The molecule has 0 aromatic rings. The van der Waals surface area contributed by atoms with Crippen LogP contribution in [0.3, 0.4) is 0 Å². The van der Waals surface area contributed by atoms with Gasteiger partial charge in [-0.1, -0.05) is 0 Å². The number of rotatable bonds is 0. The highest BCUT2D eigenvalue weighted by molar-refractivity contribution is 6.50. The van der Waals surface area contributed by atoms with Crippen molar-refractivity contribution in [2.75, 3.05) is 52.4 Å². The molecule has 4 heterocycles. The minimum absolute atomic E-state index is 1.50. The smallest absolute Gasteiger partial charge is 0.418 e. The fourth-order valence-electron chi connectivity index (χ4n) is 4.92. The van der Waals surface area contributed by atoms with Gasteiger partial charge in [-0.25, -0.2) is 0 Å². The third kappa shape index (κ3) is 12.1. The summed E-state index contributed by atoms with van der Waals surface area (Å²) in [6.45, 7) is 12.0. The maximum atomic E-state index is 9.75. The molecule has 4 aliphatic rings. The van der Waals surface area contributed by atoms with E-state index in [4.69, 9.17) is 0 Å². The van der Waals surface area contributed by atoms with Crippen LogP contribution in [0.25, 0.3) is 0 Å². The number of halogens is 8. The van der Waals surface area contributed by atoms with Gasteiger partial charge in [-0.05, 0) is 0 Å². The average molecular weight is 426 g/mol. The zero-order chi connectivity index (χ0) is 21.3. The Morgan fingerprint density at radius 3 is 0.536 bits per heavy atom. The maximum absolute atomic E-state index is 9.75. The van der Waals surface area contributed by atoms with Crippen molar-refractivity contribution < 1.29 is 43.5 Å². The van der Waals surface area contributed by atoms with E-state index in [0.29, 0.717) is 0 Å². The predicted molar refractivity (Wildman–Crippen MR) is 96.8 cm³/mol. The molecule has 168 valence electrons. The summed E-state index contributed by atoms with van der Waals surface area (Å²) in [6.07, 6.45) is 12.0. The van der Waals surface area contributed by atoms with Gasteiger partial charge in [0.15, 0.2) is 0 Å². The van der Waals surface area contributed by atoms with Crippen molar-refractivity contribution in [3.8, 4) is 0 Å². The molecule has 28 heavy (non-hydrogen) atoms. The van der Waals surface area contributed by atoms with Crippen LogP contribution in [-0.2, 0) is 0 Å². The van der Waals surface area contributed by atoms with E-state index in [9.17, 15) is 34.5 Å². The average Bonchev–Trinajstić information content (AvgIpc) is 3.32. The van der Waals surface area contributed by atoms with Crippen LogP contribution < -0.4 is 0 Å². The fourth-order valence-corrected chi connectivity index (χ4v) is 4.92. The molecule has 0 saturated carbocycles. The molecule has 4 aliphatic heterocycles. The molecule has 2 spiro atoms. The molecule has 0 unspecified atom stereocenters. The lowest BCUT2D eigenvalue weighted by Gasteiger charge is -2.27. The highest BCUT2D eigenvalue weighted by Crippen LogP contribution is 2.26. The van der Waals surface area contributed by atoms with Gasteiger partial charge in [-0.2, -0.15) is 0 Å². The van der Waals surface area contributed by atoms with Crippen molar-refractivity contribution in [3.63, 3.8) is 0 Å². The van der Waals surface area contributed by atoms with E-state index in [-0.39, 0.29) is 0 Å². The van der Waals surface area contributed by atoms with Crippen molar-refractivity contribution in [2.45, 2.75) is 51.4 Å². The summed E-state index contributed by atoms with van der Waals surface area (Å²) < 4.78 is 81.0. The molecule has 4 saturated heterocycles. The van der Waals surface area contributed by atoms with Gasteiger partial charge in [0.05, 0.1) is 52.4 Å². The van der Waals surface area contributed by atoms with Crippen molar-refractivity contribution in [1.29, 1.82) is 0 Å². The molecule has 0 radical (unpaired) electrons. The molecular weight excluding hydrogens is 394 g/mol. The first kappa shape index (κ1) is 25.5. The second kappa shape index (κ2) is 11.0. The Balaban J connectivity index is 0.000000196. The SMILES string of the molecule is C1CC[N+]2(C1)CCCC2.C1CC[N+]2(C1)CCCC2.F[B-](F)(F)F.F[B-](F)(F)F. The Kier molecular flexibility index (Phi) is 10.1. The largest absolute Gasteiger partial charge is 0.673 e. The molecule has 0 atom stereocenters. The Labute approximate surface area is 162 Å². The lowest BCUT2D eigenvalue weighted by Crippen LogP contribution is -2.41. The van der Waals surface area contributed by atoms with Gasteiger partial charge in [0, 0.05) is 51.4 Å². The van der Waals surface area contributed by atoms with Gasteiger partial charge >= 0.3 is 14.5 Å². The Hall–Kier alpha value is -0.510. The van der Waals surface area contributed by atoms with Gasteiger partial charge in [-0.15, -0.1) is 0 Å². The molecule has 0 aromatic carbocycles. The van der Waals surface area contributed by atoms with E-state index in [0.717, 1.165) is 0 Å². The van der Waals surface area contributed by atoms with E-state index in [1.807, 2.05) is 0 Å². The van der Waals surface area contributed by atoms with Crippen LogP contribution in [0, 0.1) is 0 Å². The summed E-state index contributed by atoms with van der Waals surface area (Å²) in [6, 6.07) is 0. The van der Waals surface area contributed by atoms with Crippen molar-refractivity contribution in [1.82, 2.24) is 0 Å². The zero-order valence-electron chi connectivity index (χ0n) is 16.4. The summed E-state index contributed by atoms with van der Waals surface area (Å²) in [5.74, 6) is 0. The third-order valence-electron chi connectivity index (χ3n) is 6.06. The van der Waals surface area contributed by atoms with Crippen molar-refractivity contribution >= 4 is 14.5 Å². The van der Waals surface area contributed by atoms with Crippen LogP contribution >= 0.6 is 0 Å². The van der Waals surface area contributed by atoms with E-state index in [2.05, 4.69) is 0 Å². The first-order valence-electron chi connectivity index (χ1n) is 10.3. The number of hydrogen-bond acceptors (Lipinski definition) is 0. The molecule has 0 aliphatic carbocycles. The number of hydrogen-bond donors (Lipinski definition) is 0. The molecule has 4 fully saturated rings. The lowest BCUT2D eigenvalue weighted by molar-refractivity contribution is -0.904. The van der Waals surface area contributed by atoms with E-state index in [1.54, 1.807) is 0 Å². The lowest BCUT2D eigenvalue weighted by atomic mass is 10.3. The monoisotopic (exact) mass is 426 g/mol. The first-order valence-corrected chi connectivity index (χ1v) is 10.3. The summed E-state index contributed by atoms with van der Waals surface area (Å²) in [7, 11) is -12.0. The normalized spacial score (nSPS) is 24.9. The zero-order valence-corrected chi connectivity index (χ0v) is 16.4. The molecule has 12 heteroatoms. The molecule has 0 aromatic heterocycles. The van der Waals surface area contributed by atoms with Gasteiger partial charge in [0.2, 0.25) is 0 Å². The molecular formula is C16H32B2F8N2. The van der Waals surface area contributed by atoms with E-state index in [1.165, 1.54) is 113 Å². The van der Waals surface area contributed by atoms with Gasteiger partial charge in [0.25, 0.3) is 0 Å². The number of nitrogens with zero attached hydrogens (tertiary/aromatic N) is 2. The quantitative estimate of drug-likeness (QED) is 0.277. The van der Waals surface area contributed by atoms with Gasteiger partial charge in [-0.3, -0.25) is 0 Å². The van der Waals surface area contributed by atoms with Crippen LogP contribution in [-0.4, -0.2) is 75.8 Å². The van der Waals surface area contributed by atoms with Crippen molar-refractivity contribution in [3.05, 3.63) is 0 Å². The maximum Gasteiger partial charge on any atom is 0.673 e. The third-order valence-corrected chi connectivity index (χ3v) is 6.06. The standard InChI is InChI=1S/2C8H16N.2BF4/c2*1-2-6-9(5-1)7-3-4-8-9;2*2-1(3,4)5/h2*1-8H2;;/q2*+1;2*-1. The van der Waals surface area contributed by atoms with Crippen LogP contribution in [0.1, 0.15) is 51.4 Å². The minimum atomic E-state index is -6.00. The Bertz CT molecular complexity index is 334. The summed E-state index contributed by atoms with van der Waals surface area (Å²) in [4.78, 5) is 0.